The Morgan fingerprint density at radius 1 is 1.19 bits per heavy atom. The van der Waals surface area contributed by atoms with E-state index in [0.717, 1.165) is 17.0 Å². The van der Waals surface area contributed by atoms with E-state index in [-0.39, 0.29) is 0 Å². The Balaban J connectivity index is 1.39. The van der Waals surface area contributed by atoms with Gasteiger partial charge in [-0.15, -0.1) is 0 Å². The van der Waals surface area contributed by atoms with Crippen molar-refractivity contribution in [2.45, 2.75) is 48.4 Å². The van der Waals surface area contributed by atoms with E-state index in [9.17, 15) is 0 Å². The summed E-state index contributed by atoms with van der Waals surface area (Å²) >= 11 is 7.57. The maximum absolute atomic E-state index is 6.21. The summed E-state index contributed by atoms with van der Waals surface area (Å²) in [6.45, 7) is 2.37. The van der Waals surface area contributed by atoms with Crippen LogP contribution in [0.2, 0.25) is 5.02 Å². The van der Waals surface area contributed by atoms with E-state index in [2.05, 4.69) is 20.3 Å². The number of rotatable bonds is 4. The molecule has 0 atom stereocenters. The molecule has 144 valence electrons. The molecule has 1 saturated heterocycles. The lowest BCUT2D eigenvalue weighted by Crippen LogP contribution is -2.30. The number of pyridine rings is 1. The van der Waals surface area contributed by atoms with Gasteiger partial charge < -0.3 is 16.8 Å². The van der Waals surface area contributed by atoms with Gasteiger partial charge in [-0.25, -0.2) is 15.0 Å². The van der Waals surface area contributed by atoms with Gasteiger partial charge in [0.05, 0.1) is 10.7 Å². The van der Waals surface area contributed by atoms with Crippen molar-refractivity contribution in [3.8, 4) is 0 Å². The van der Waals surface area contributed by atoms with Gasteiger partial charge >= 0.3 is 0 Å². The normalized spacial score (nSPS) is 25.1. The standard InChI is InChI=1S/C19H25ClN6S/c20-15-14(3-7-24-16(15)21)27-18-17(22)26-13(10-25-18)9-12-1-4-19(5-2-12)6-8-23-11-19/h3,7,10,12,23H,1-2,4-6,8-9,11H2,(H2,21,24)(H2,22,26). The number of nitrogen functional groups attached to an aromatic ring is 2. The molecule has 1 spiro atoms. The molecule has 27 heavy (non-hydrogen) atoms. The van der Waals surface area contributed by atoms with E-state index in [1.54, 1.807) is 12.3 Å². The highest BCUT2D eigenvalue weighted by atomic mass is 35.5. The van der Waals surface area contributed by atoms with Crippen LogP contribution in [0.4, 0.5) is 11.6 Å². The van der Waals surface area contributed by atoms with Crippen molar-refractivity contribution in [2.75, 3.05) is 24.6 Å². The lowest BCUT2D eigenvalue weighted by Gasteiger charge is -2.36. The minimum Gasteiger partial charge on any atom is -0.382 e. The molecular formula is C19H25ClN6S. The van der Waals surface area contributed by atoms with Crippen LogP contribution < -0.4 is 16.8 Å². The van der Waals surface area contributed by atoms with E-state index in [1.807, 2.05) is 6.20 Å². The lowest BCUT2D eigenvalue weighted by molar-refractivity contribution is 0.169. The molecule has 0 amide bonds. The van der Waals surface area contributed by atoms with Gasteiger partial charge in [0.2, 0.25) is 0 Å². The van der Waals surface area contributed by atoms with Gasteiger partial charge in [0, 0.05) is 23.8 Å². The fourth-order valence-electron chi connectivity index (χ4n) is 4.24. The quantitative estimate of drug-likeness (QED) is 0.715. The van der Waals surface area contributed by atoms with Gasteiger partial charge in [-0.3, -0.25) is 0 Å². The number of nitrogens with two attached hydrogens (primary N) is 2. The molecule has 0 radical (unpaired) electrons. The Bertz CT molecular complexity index is 814. The van der Waals surface area contributed by atoms with Gasteiger partial charge in [0.1, 0.15) is 10.8 Å². The molecule has 0 aromatic carbocycles. The zero-order valence-corrected chi connectivity index (χ0v) is 16.8. The minimum absolute atomic E-state index is 0.303. The second-order valence-corrected chi connectivity index (χ2v) is 9.14. The van der Waals surface area contributed by atoms with Crippen LogP contribution in [0, 0.1) is 11.3 Å². The molecule has 0 unspecified atom stereocenters. The monoisotopic (exact) mass is 404 g/mol. The molecule has 8 heteroatoms. The average molecular weight is 405 g/mol. The highest BCUT2D eigenvalue weighted by Gasteiger charge is 2.37. The number of nitrogens with zero attached hydrogens (tertiary/aromatic N) is 3. The zero-order chi connectivity index (χ0) is 18.9. The molecular weight excluding hydrogens is 380 g/mol. The summed E-state index contributed by atoms with van der Waals surface area (Å²) in [5, 5.41) is 4.59. The van der Waals surface area contributed by atoms with Crippen LogP contribution in [0.5, 0.6) is 0 Å². The average Bonchev–Trinajstić information content (AvgIpc) is 3.11. The van der Waals surface area contributed by atoms with Gasteiger partial charge in [-0.1, -0.05) is 23.4 Å². The van der Waals surface area contributed by atoms with Gasteiger partial charge in [0.25, 0.3) is 0 Å². The molecule has 3 heterocycles. The van der Waals surface area contributed by atoms with Crippen molar-refractivity contribution in [2.24, 2.45) is 11.3 Å². The van der Waals surface area contributed by atoms with Crippen LogP contribution in [-0.4, -0.2) is 28.0 Å². The number of halogens is 1. The molecule has 5 N–H and O–H groups in total. The Morgan fingerprint density at radius 2 is 2.00 bits per heavy atom. The number of hydrogen-bond acceptors (Lipinski definition) is 7. The first-order valence-electron chi connectivity index (χ1n) is 9.45. The zero-order valence-electron chi connectivity index (χ0n) is 15.2. The van der Waals surface area contributed by atoms with Crippen molar-refractivity contribution in [3.05, 3.63) is 29.2 Å². The Morgan fingerprint density at radius 3 is 2.70 bits per heavy atom. The number of anilines is 2. The van der Waals surface area contributed by atoms with Gasteiger partial charge in [-0.05, 0) is 62.5 Å². The van der Waals surface area contributed by atoms with Crippen LogP contribution in [0.15, 0.2) is 28.4 Å². The second-order valence-electron chi connectivity index (χ2n) is 7.74. The van der Waals surface area contributed by atoms with Crippen molar-refractivity contribution in [1.82, 2.24) is 20.3 Å². The smallest absolute Gasteiger partial charge is 0.156 e. The van der Waals surface area contributed by atoms with Crippen LogP contribution in [0.25, 0.3) is 0 Å². The molecule has 0 bridgehead atoms. The largest absolute Gasteiger partial charge is 0.382 e. The molecule has 2 aliphatic rings. The molecule has 1 aliphatic carbocycles. The number of aromatic nitrogens is 3. The summed E-state index contributed by atoms with van der Waals surface area (Å²) in [5.74, 6) is 1.42. The summed E-state index contributed by atoms with van der Waals surface area (Å²) in [6, 6.07) is 1.80. The first kappa shape index (κ1) is 18.8. The van der Waals surface area contributed by atoms with Gasteiger partial charge in [0.15, 0.2) is 5.82 Å². The summed E-state index contributed by atoms with van der Waals surface area (Å²) in [5.41, 5.74) is 13.5. The third-order valence-electron chi connectivity index (χ3n) is 5.90. The molecule has 2 aromatic heterocycles. The van der Waals surface area contributed by atoms with Crippen LogP contribution in [0.1, 0.15) is 37.8 Å². The second kappa shape index (κ2) is 7.81. The van der Waals surface area contributed by atoms with Gasteiger partial charge in [-0.2, -0.15) is 0 Å². The first-order chi connectivity index (χ1) is 13.0. The first-order valence-corrected chi connectivity index (χ1v) is 10.6. The maximum Gasteiger partial charge on any atom is 0.156 e. The van der Waals surface area contributed by atoms with E-state index in [1.165, 1.54) is 57.0 Å². The summed E-state index contributed by atoms with van der Waals surface area (Å²) < 4.78 is 0. The number of nitrogens with one attached hydrogen (secondary N) is 1. The third kappa shape index (κ3) is 4.15. The maximum atomic E-state index is 6.21. The van der Waals surface area contributed by atoms with Crippen molar-refractivity contribution in [1.29, 1.82) is 0 Å². The summed E-state index contributed by atoms with van der Waals surface area (Å²) in [4.78, 5) is 13.9. The van der Waals surface area contributed by atoms with E-state index >= 15 is 0 Å². The van der Waals surface area contributed by atoms with Crippen LogP contribution >= 0.6 is 23.4 Å². The van der Waals surface area contributed by atoms with Crippen molar-refractivity contribution < 1.29 is 0 Å². The van der Waals surface area contributed by atoms with Crippen LogP contribution in [-0.2, 0) is 6.42 Å². The van der Waals surface area contributed by atoms with E-state index in [4.69, 9.17) is 23.1 Å². The Labute approximate surface area is 168 Å². The van der Waals surface area contributed by atoms with E-state index in [0.29, 0.717) is 33.0 Å². The fourth-order valence-corrected chi connectivity index (χ4v) is 5.26. The SMILES string of the molecule is Nc1nc(CC2CCC3(CCNC3)CC2)cnc1Sc1ccnc(N)c1Cl. The Kier molecular flexibility index (Phi) is 5.43. The van der Waals surface area contributed by atoms with Crippen LogP contribution in [0.3, 0.4) is 0 Å². The highest BCUT2D eigenvalue weighted by molar-refractivity contribution is 7.99. The minimum atomic E-state index is 0.303. The summed E-state index contributed by atoms with van der Waals surface area (Å²) in [6.07, 6.45) is 10.9. The molecule has 1 saturated carbocycles. The fraction of sp³-hybridized carbons (Fsp3) is 0.526. The predicted molar refractivity (Wildman–Crippen MR) is 110 cm³/mol. The molecule has 2 fully saturated rings. The number of hydrogen-bond donors (Lipinski definition) is 3. The molecule has 6 nitrogen and oxygen atoms in total. The third-order valence-corrected chi connectivity index (χ3v) is 7.47. The highest BCUT2D eigenvalue weighted by Crippen LogP contribution is 2.44. The Hall–Kier alpha value is -1.57. The predicted octanol–water partition coefficient (Wildman–Crippen LogP) is 3.55. The molecule has 4 rings (SSSR count). The van der Waals surface area contributed by atoms with E-state index < -0.39 is 0 Å². The van der Waals surface area contributed by atoms with Crippen molar-refractivity contribution in [3.63, 3.8) is 0 Å². The molecule has 1 aliphatic heterocycles. The topological polar surface area (TPSA) is 103 Å². The summed E-state index contributed by atoms with van der Waals surface area (Å²) in [7, 11) is 0. The van der Waals surface area contributed by atoms with Crippen molar-refractivity contribution >= 4 is 35.0 Å². The lowest BCUT2D eigenvalue weighted by atomic mass is 9.69. The molecule has 2 aromatic rings.